The lowest BCUT2D eigenvalue weighted by molar-refractivity contribution is -0.121. The van der Waals surface area contributed by atoms with Crippen LogP contribution in [0.5, 0.6) is 0 Å². The molecule has 150 valence electrons. The van der Waals surface area contributed by atoms with Crippen LogP contribution in [0.1, 0.15) is 46.0 Å². The van der Waals surface area contributed by atoms with E-state index in [0.29, 0.717) is 25.4 Å². The quantitative estimate of drug-likeness (QED) is 0.338. The molecule has 0 aromatic heterocycles. The van der Waals surface area contributed by atoms with Crippen molar-refractivity contribution in [3.63, 3.8) is 0 Å². The first-order valence-electron chi connectivity index (χ1n) is 10.1. The van der Waals surface area contributed by atoms with Crippen LogP contribution < -0.4 is 16.0 Å². The zero-order chi connectivity index (χ0) is 18.8. The zero-order valence-corrected chi connectivity index (χ0v) is 16.8. The summed E-state index contributed by atoms with van der Waals surface area (Å²) in [5, 5.41) is 9.68. The van der Waals surface area contributed by atoms with E-state index in [1.54, 1.807) is 7.05 Å². The summed E-state index contributed by atoms with van der Waals surface area (Å²) in [7, 11) is 1.77. The van der Waals surface area contributed by atoms with E-state index in [1.807, 2.05) is 0 Å². The van der Waals surface area contributed by atoms with E-state index in [-0.39, 0.29) is 11.4 Å². The molecule has 2 aliphatic rings. The second-order valence-electron chi connectivity index (χ2n) is 7.97. The molecule has 0 spiro atoms. The Labute approximate surface area is 158 Å². The molecule has 0 aromatic carbocycles. The Morgan fingerprint density at radius 3 is 2.42 bits per heavy atom. The Hall–Kier alpha value is -1.34. The SMILES string of the molecule is CN=C(NCCNC(=O)CC1CCCC1)NCC(C)(C)N1CCOCC1. The van der Waals surface area contributed by atoms with E-state index >= 15 is 0 Å². The van der Waals surface area contributed by atoms with Gasteiger partial charge in [-0.3, -0.25) is 14.7 Å². The third kappa shape index (κ3) is 7.11. The minimum absolute atomic E-state index is 0.0386. The number of amides is 1. The Kier molecular flexibility index (Phi) is 8.65. The van der Waals surface area contributed by atoms with Gasteiger partial charge in [0.15, 0.2) is 5.96 Å². The molecule has 26 heavy (non-hydrogen) atoms. The second-order valence-corrected chi connectivity index (χ2v) is 7.97. The molecule has 7 nitrogen and oxygen atoms in total. The van der Waals surface area contributed by atoms with Crippen molar-refractivity contribution in [1.82, 2.24) is 20.9 Å². The summed E-state index contributed by atoms with van der Waals surface area (Å²) >= 11 is 0. The van der Waals surface area contributed by atoms with Gasteiger partial charge in [0.2, 0.25) is 5.91 Å². The van der Waals surface area contributed by atoms with Crippen LogP contribution in [0.3, 0.4) is 0 Å². The fourth-order valence-electron chi connectivity index (χ4n) is 3.73. The first-order chi connectivity index (χ1) is 12.5. The molecular weight excluding hydrogens is 330 g/mol. The lowest BCUT2D eigenvalue weighted by Gasteiger charge is -2.41. The van der Waals surface area contributed by atoms with Gasteiger partial charge in [0.1, 0.15) is 0 Å². The van der Waals surface area contributed by atoms with Gasteiger partial charge >= 0.3 is 0 Å². The number of hydrogen-bond acceptors (Lipinski definition) is 4. The van der Waals surface area contributed by atoms with Gasteiger partial charge in [0.25, 0.3) is 0 Å². The van der Waals surface area contributed by atoms with Crippen molar-refractivity contribution >= 4 is 11.9 Å². The van der Waals surface area contributed by atoms with Crippen LogP contribution in [0, 0.1) is 5.92 Å². The first-order valence-corrected chi connectivity index (χ1v) is 10.1. The molecule has 1 aliphatic heterocycles. The molecule has 0 atom stereocenters. The van der Waals surface area contributed by atoms with Crippen LogP contribution >= 0.6 is 0 Å². The van der Waals surface area contributed by atoms with Crippen LogP contribution in [0.25, 0.3) is 0 Å². The van der Waals surface area contributed by atoms with E-state index < -0.39 is 0 Å². The fraction of sp³-hybridized carbons (Fsp3) is 0.895. The van der Waals surface area contributed by atoms with Gasteiger partial charge in [0, 0.05) is 51.7 Å². The number of carbonyl (C=O) groups is 1. The molecule has 7 heteroatoms. The minimum atomic E-state index is 0.0386. The highest BCUT2D eigenvalue weighted by atomic mass is 16.5. The molecule has 1 aliphatic carbocycles. The molecule has 0 bridgehead atoms. The van der Waals surface area contributed by atoms with Gasteiger partial charge in [-0.1, -0.05) is 12.8 Å². The lowest BCUT2D eigenvalue weighted by atomic mass is 10.0. The summed E-state index contributed by atoms with van der Waals surface area (Å²) < 4.78 is 5.44. The zero-order valence-electron chi connectivity index (χ0n) is 16.8. The number of nitrogens with zero attached hydrogens (tertiary/aromatic N) is 2. The van der Waals surface area contributed by atoms with Crippen molar-refractivity contribution in [2.75, 3.05) is 53.0 Å². The molecule has 1 saturated carbocycles. The number of guanidine groups is 1. The van der Waals surface area contributed by atoms with E-state index in [0.717, 1.165) is 38.8 Å². The first kappa shape index (κ1) is 21.0. The summed E-state index contributed by atoms with van der Waals surface area (Å²) in [5.41, 5.74) is 0.0386. The third-order valence-corrected chi connectivity index (χ3v) is 5.47. The maximum atomic E-state index is 11.9. The summed E-state index contributed by atoms with van der Waals surface area (Å²) in [5.74, 6) is 1.55. The standard InChI is InChI=1S/C19H37N5O2/c1-19(2,24-10-12-26-13-11-24)15-23-18(20-3)22-9-8-21-17(25)14-16-6-4-5-7-16/h16H,4-15H2,1-3H3,(H,21,25)(H2,20,22,23). The van der Waals surface area contributed by atoms with Crippen molar-refractivity contribution < 1.29 is 9.53 Å². The van der Waals surface area contributed by atoms with E-state index in [9.17, 15) is 4.79 Å². The Bertz CT molecular complexity index is 455. The van der Waals surface area contributed by atoms with Crippen LogP contribution in [-0.2, 0) is 9.53 Å². The predicted molar refractivity (Wildman–Crippen MR) is 105 cm³/mol. The number of hydrogen-bond donors (Lipinski definition) is 3. The van der Waals surface area contributed by atoms with Crippen LogP contribution in [0.2, 0.25) is 0 Å². The Balaban J connectivity index is 1.60. The lowest BCUT2D eigenvalue weighted by Crippen LogP contribution is -2.56. The molecular formula is C19H37N5O2. The highest BCUT2D eigenvalue weighted by molar-refractivity contribution is 5.80. The topological polar surface area (TPSA) is 78.0 Å². The van der Waals surface area contributed by atoms with Crippen LogP contribution in [0.15, 0.2) is 4.99 Å². The predicted octanol–water partition coefficient (Wildman–Crippen LogP) is 0.959. The summed E-state index contributed by atoms with van der Waals surface area (Å²) in [6.07, 6.45) is 5.66. The van der Waals surface area contributed by atoms with Gasteiger partial charge in [-0.25, -0.2) is 0 Å². The molecule has 1 amide bonds. The molecule has 2 rings (SSSR count). The maximum Gasteiger partial charge on any atom is 0.220 e. The molecule has 0 aromatic rings. The van der Waals surface area contributed by atoms with Crippen LogP contribution in [0.4, 0.5) is 0 Å². The van der Waals surface area contributed by atoms with E-state index in [4.69, 9.17) is 4.74 Å². The summed E-state index contributed by atoms with van der Waals surface area (Å²) in [4.78, 5) is 18.7. The molecule has 2 fully saturated rings. The summed E-state index contributed by atoms with van der Waals surface area (Å²) in [6, 6.07) is 0. The molecule has 1 saturated heterocycles. The highest BCUT2D eigenvalue weighted by Crippen LogP contribution is 2.27. The Morgan fingerprint density at radius 2 is 1.77 bits per heavy atom. The van der Waals surface area contributed by atoms with Crippen LogP contribution in [-0.4, -0.2) is 75.3 Å². The van der Waals surface area contributed by atoms with Gasteiger partial charge in [-0.15, -0.1) is 0 Å². The van der Waals surface area contributed by atoms with Gasteiger partial charge < -0.3 is 20.7 Å². The van der Waals surface area contributed by atoms with Crippen molar-refractivity contribution in [3.8, 4) is 0 Å². The van der Waals surface area contributed by atoms with Gasteiger partial charge in [-0.05, 0) is 32.6 Å². The molecule has 1 heterocycles. The Morgan fingerprint density at radius 1 is 1.12 bits per heavy atom. The monoisotopic (exact) mass is 367 g/mol. The number of morpholine rings is 1. The smallest absolute Gasteiger partial charge is 0.220 e. The maximum absolute atomic E-state index is 11.9. The number of aliphatic imine (C=N–C) groups is 1. The van der Waals surface area contributed by atoms with Gasteiger partial charge in [-0.2, -0.15) is 0 Å². The highest BCUT2D eigenvalue weighted by Gasteiger charge is 2.28. The largest absolute Gasteiger partial charge is 0.379 e. The second kappa shape index (κ2) is 10.7. The number of rotatable bonds is 8. The normalized spacial score (nSPS) is 20.2. The van der Waals surface area contributed by atoms with Crippen molar-refractivity contribution in [3.05, 3.63) is 0 Å². The molecule has 0 radical (unpaired) electrons. The van der Waals surface area contributed by atoms with Crippen molar-refractivity contribution in [2.45, 2.75) is 51.5 Å². The third-order valence-electron chi connectivity index (χ3n) is 5.47. The number of ether oxygens (including phenoxy) is 1. The number of nitrogens with one attached hydrogen (secondary N) is 3. The van der Waals surface area contributed by atoms with Crippen molar-refractivity contribution in [2.24, 2.45) is 10.9 Å². The average molecular weight is 368 g/mol. The van der Waals surface area contributed by atoms with E-state index in [2.05, 4.69) is 39.7 Å². The van der Waals surface area contributed by atoms with E-state index in [1.165, 1.54) is 25.7 Å². The fourth-order valence-corrected chi connectivity index (χ4v) is 3.73. The summed E-state index contributed by atoms with van der Waals surface area (Å²) in [6.45, 7) is 10.1. The molecule has 3 N–H and O–H groups in total. The van der Waals surface area contributed by atoms with Crippen molar-refractivity contribution in [1.29, 1.82) is 0 Å². The average Bonchev–Trinajstić information content (AvgIpc) is 3.14. The van der Waals surface area contributed by atoms with Gasteiger partial charge in [0.05, 0.1) is 13.2 Å². The molecule has 0 unspecified atom stereocenters. The number of carbonyl (C=O) groups excluding carboxylic acids is 1. The minimum Gasteiger partial charge on any atom is -0.379 e.